The van der Waals surface area contributed by atoms with Crippen LogP contribution >= 0.6 is 0 Å². The van der Waals surface area contributed by atoms with Crippen LogP contribution in [0.1, 0.15) is 16.8 Å². The third-order valence-electron chi connectivity index (χ3n) is 3.17. The molecular formula is C15H15N3O2. The summed E-state index contributed by atoms with van der Waals surface area (Å²) >= 11 is 0. The Morgan fingerprint density at radius 3 is 3.05 bits per heavy atom. The molecule has 0 atom stereocenters. The predicted octanol–water partition coefficient (Wildman–Crippen LogP) is 2.45. The lowest BCUT2D eigenvalue weighted by molar-refractivity contribution is 0.0952. The number of para-hydroxylation sites is 2. The van der Waals surface area contributed by atoms with Crippen LogP contribution in [0.5, 0.6) is 0 Å². The number of aryl methyl sites for hydroxylation is 1. The number of benzene rings is 1. The first kappa shape index (κ1) is 12.5. The van der Waals surface area contributed by atoms with Gasteiger partial charge in [0.15, 0.2) is 0 Å². The number of aromatic nitrogens is 2. The van der Waals surface area contributed by atoms with Crippen molar-refractivity contribution in [1.29, 1.82) is 0 Å². The van der Waals surface area contributed by atoms with Gasteiger partial charge in [0.1, 0.15) is 6.26 Å². The van der Waals surface area contributed by atoms with Crippen LogP contribution in [0.3, 0.4) is 0 Å². The number of hydrogen-bond donors (Lipinski definition) is 1. The average molecular weight is 269 g/mol. The minimum Gasteiger partial charge on any atom is -0.472 e. The van der Waals surface area contributed by atoms with E-state index in [1.165, 1.54) is 12.5 Å². The van der Waals surface area contributed by atoms with Gasteiger partial charge in [0.2, 0.25) is 0 Å². The van der Waals surface area contributed by atoms with Crippen molar-refractivity contribution < 1.29 is 9.21 Å². The van der Waals surface area contributed by atoms with Crippen LogP contribution in [0.15, 0.2) is 53.6 Å². The highest BCUT2D eigenvalue weighted by molar-refractivity contribution is 5.93. The number of fused-ring (bicyclic) bond motifs is 1. The molecule has 0 saturated carbocycles. The number of imidazole rings is 1. The van der Waals surface area contributed by atoms with Gasteiger partial charge in [0.25, 0.3) is 5.91 Å². The number of rotatable bonds is 5. The molecule has 0 saturated heterocycles. The zero-order valence-corrected chi connectivity index (χ0v) is 11.0. The van der Waals surface area contributed by atoms with Crippen LogP contribution in [0.4, 0.5) is 0 Å². The second kappa shape index (κ2) is 5.61. The first-order valence-corrected chi connectivity index (χ1v) is 6.55. The molecule has 0 aliphatic rings. The van der Waals surface area contributed by atoms with Gasteiger partial charge in [-0.3, -0.25) is 4.79 Å². The minimum atomic E-state index is -0.103. The van der Waals surface area contributed by atoms with Crippen molar-refractivity contribution in [3.05, 3.63) is 54.7 Å². The van der Waals surface area contributed by atoms with Crippen molar-refractivity contribution in [2.75, 3.05) is 6.54 Å². The predicted molar refractivity (Wildman–Crippen MR) is 75.4 cm³/mol. The number of carbonyl (C=O) groups is 1. The summed E-state index contributed by atoms with van der Waals surface area (Å²) in [5.74, 6) is -0.103. The third kappa shape index (κ3) is 2.56. The van der Waals surface area contributed by atoms with Crippen molar-refractivity contribution in [1.82, 2.24) is 14.9 Å². The molecule has 5 heteroatoms. The molecule has 0 unspecified atom stereocenters. The van der Waals surface area contributed by atoms with E-state index in [0.717, 1.165) is 24.0 Å². The van der Waals surface area contributed by atoms with Crippen molar-refractivity contribution in [2.24, 2.45) is 0 Å². The van der Waals surface area contributed by atoms with Gasteiger partial charge in [0, 0.05) is 13.1 Å². The lowest BCUT2D eigenvalue weighted by Gasteiger charge is -2.05. The van der Waals surface area contributed by atoms with Crippen LogP contribution in [0.25, 0.3) is 11.0 Å². The minimum absolute atomic E-state index is 0.103. The lowest BCUT2D eigenvalue weighted by atomic mass is 10.3. The summed E-state index contributed by atoms with van der Waals surface area (Å²) in [6.45, 7) is 1.45. The molecule has 1 amide bonds. The summed E-state index contributed by atoms with van der Waals surface area (Å²) in [7, 11) is 0. The molecule has 3 rings (SSSR count). The van der Waals surface area contributed by atoms with Crippen LogP contribution < -0.4 is 5.32 Å². The van der Waals surface area contributed by atoms with Gasteiger partial charge in [-0.15, -0.1) is 0 Å². The molecule has 102 valence electrons. The third-order valence-corrected chi connectivity index (χ3v) is 3.17. The molecular weight excluding hydrogens is 254 g/mol. The van der Waals surface area contributed by atoms with Gasteiger partial charge in [0.05, 0.1) is 29.2 Å². The monoisotopic (exact) mass is 269 g/mol. The van der Waals surface area contributed by atoms with Crippen molar-refractivity contribution in [3.8, 4) is 0 Å². The Morgan fingerprint density at radius 2 is 2.20 bits per heavy atom. The van der Waals surface area contributed by atoms with Gasteiger partial charge in [-0.2, -0.15) is 0 Å². The Balaban J connectivity index is 1.52. The smallest absolute Gasteiger partial charge is 0.254 e. The molecule has 0 bridgehead atoms. The summed E-state index contributed by atoms with van der Waals surface area (Å²) in [6, 6.07) is 9.67. The summed E-state index contributed by atoms with van der Waals surface area (Å²) in [6.07, 6.45) is 5.62. The van der Waals surface area contributed by atoms with E-state index in [0.29, 0.717) is 12.1 Å². The number of nitrogens with zero attached hydrogens (tertiary/aromatic N) is 2. The van der Waals surface area contributed by atoms with Gasteiger partial charge in [-0.1, -0.05) is 12.1 Å². The quantitative estimate of drug-likeness (QED) is 0.724. The first-order chi connectivity index (χ1) is 9.84. The number of carbonyl (C=O) groups excluding carboxylic acids is 1. The van der Waals surface area contributed by atoms with Gasteiger partial charge in [-0.05, 0) is 24.6 Å². The molecule has 0 aliphatic carbocycles. The van der Waals surface area contributed by atoms with Gasteiger partial charge in [-0.25, -0.2) is 4.98 Å². The largest absolute Gasteiger partial charge is 0.472 e. The fraction of sp³-hybridized carbons (Fsp3) is 0.200. The van der Waals surface area contributed by atoms with Gasteiger partial charge < -0.3 is 14.3 Å². The zero-order valence-electron chi connectivity index (χ0n) is 11.0. The van der Waals surface area contributed by atoms with Crippen LogP contribution in [-0.4, -0.2) is 22.0 Å². The summed E-state index contributed by atoms with van der Waals surface area (Å²) in [5, 5.41) is 2.86. The number of amides is 1. The average Bonchev–Trinajstić information content (AvgIpc) is 3.13. The van der Waals surface area contributed by atoms with E-state index in [4.69, 9.17) is 4.42 Å². The normalized spacial score (nSPS) is 10.8. The van der Waals surface area contributed by atoms with E-state index in [1.807, 2.05) is 30.6 Å². The molecule has 0 radical (unpaired) electrons. The Bertz CT molecular complexity index is 701. The van der Waals surface area contributed by atoms with Gasteiger partial charge >= 0.3 is 0 Å². The second-order valence-corrected chi connectivity index (χ2v) is 4.55. The molecule has 2 heterocycles. The summed E-state index contributed by atoms with van der Waals surface area (Å²) in [4.78, 5) is 16.0. The maximum atomic E-state index is 11.7. The first-order valence-electron chi connectivity index (χ1n) is 6.55. The molecule has 0 spiro atoms. The van der Waals surface area contributed by atoms with Crippen molar-refractivity contribution in [3.63, 3.8) is 0 Å². The van der Waals surface area contributed by atoms with E-state index in [2.05, 4.69) is 14.9 Å². The van der Waals surface area contributed by atoms with Crippen LogP contribution in [0, 0.1) is 0 Å². The Labute approximate surface area is 116 Å². The number of hydrogen-bond acceptors (Lipinski definition) is 3. The Morgan fingerprint density at radius 1 is 1.30 bits per heavy atom. The molecule has 20 heavy (non-hydrogen) atoms. The van der Waals surface area contributed by atoms with E-state index in [-0.39, 0.29) is 5.91 Å². The highest BCUT2D eigenvalue weighted by Gasteiger charge is 2.05. The summed E-state index contributed by atoms with van der Waals surface area (Å²) in [5.41, 5.74) is 2.67. The maximum absolute atomic E-state index is 11.7. The van der Waals surface area contributed by atoms with E-state index in [9.17, 15) is 4.79 Å². The molecule has 1 aromatic carbocycles. The maximum Gasteiger partial charge on any atom is 0.254 e. The van der Waals surface area contributed by atoms with Crippen molar-refractivity contribution in [2.45, 2.75) is 13.0 Å². The molecule has 2 aromatic heterocycles. The standard InChI is InChI=1S/C15H15N3O2/c19-15(12-6-9-20-10-12)16-7-3-8-18-11-17-13-4-1-2-5-14(13)18/h1-2,4-6,9-11H,3,7-8H2,(H,16,19). The Kier molecular flexibility index (Phi) is 3.50. The fourth-order valence-corrected chi connectivity index (χ4v) is 2.14. The second-order valence-electron chi connectivity index (χ2n) is 4.55. The zero-order chi connectivity index (χ0) is 13.8. The molecule has 1 N–H and O–H groups in total. The fourth-order valence-electron chi connectivity index (χ4n) is 2.14. The highest BCUT2D eigenvalue weighted by Crippen LogP contribution is 2.11. The van der Waals surface area contributed by atoms with E-state index < -0.39 is 0 Å². The van der Waals surface area contributed by atoms with E-state index >= 15 is 0 Å². The molecule has 5 nitrogen and oxygen atoms in total. The van der Waals surface area contributed by atoms with E-state index in [1.54, 1.807) is 6.07 Å². The topological polar surface area (TPSA) is 60.1 Å². The molecule has 0 fully saturated rings. The SMILES string of the molecule is O=C(NCCCn1cnc2ccccc21)c1ccoc1. The Hall–Kier alpha value is -2.56. The number of furan rings is 1. The highest BCUT2D eigenvalue weighted by atomic mass is 16.3. The van der Waals surface area contributed by atoms with Crippen LogP contribution in [-0.2, 0) is 6.54 Å². The van der Waals surface area contributed by atoms with Crippen molar-refractivity contribution >= 4 is 16.9 Å². The molecule has 0 aliphatic heterocycles. The van der Waals surface area contributed by atoms with Crippen LogP contribution in [0.2, 0.25) is 0 Å². The summed E-state index contributed by atoms with van der Waals surface area (Å²) < 4.78 is 6.97. The lowest BCUT2D eigenvalue weighted by Crippen LogP contribution is -2.24. The molecule has 3 aromatic rings. The number of nitrogens with one attached hydrogen (secondary N) is 1.